The Kier molecular flexibility index (Phi) is 6.58. The van der Waals surface area contributed by atoms with Crippen molar-refractivity contribution < 1.29 is 4.79 Å². The molecule has 6 heteroatoms. The Bertz CT molecular complexity index is 604. The Morgan fingerprint density at radius 3 is 2.33 bits per heavy atom. The Labute approximate surface area is 164 Å². The molecule has 0 saturated carbocycles. The minimum Gasteiger partial charge on any atom is -0.310 e. The number of piperidine rings is 2. The lowest BCUT2D eigenvalue weighted by Crippen LogP contribution is -2.48. The largest absolute Gasteiger partial charge is 0.310 e. The van der Waals surface area contributed by atoms with Gasteiger partial charge in [-0.3, -0.25) is 4.79 Å². The second-order valence-corrected chi connectivity index (χ2v) is 9.21. The SMILES string of the molecule is CCCN1CCC(N2CCC(n3nccc3NC(=O)C(C)(C)C)CC2)CC1. The minimum atomic E-state index is -0.398. The highest BCUT2D eigenvalue weighted by Gasteiger charge is 2.30. The van der Waals surface area contributed by atoms with Crippen LogP contribution in [-0.4, -0.2) is 64.3 Å². The van der Waals surface area contributed by atoms with E-state index in [-0.39, 0.29) is 5.91 Å². The molecule has 1 aromatic heterocycles. The van der Waals surface area contributed by atoms with Crippen LogP contribution < -0.4 is 5.32 Å². The molecule has 0 radical (unpaired) electrons. The number of hydrogen-bond acceptors (Lipinski definition) is 4. The first-order valence-electron chi connectivity index (χ1n) is 10.7. The van der Waals surface area contributed by atoms with Gasteiger partial charge in [-0.25, -0.2) is 4.68 Å². The summed E-state index contributed by atoms with van der Waals surface area (Å²) in [7, 11) is 0. The quantitative estimate of drug-likeness (QED) is 0.857. The zero-order chi connectivity index (χ0) is 19.4. The van der Waals surface area contributed by atoms with Crippen molar-refractivity contribution in [1.29, 1.82) is 0 Å². The predicted octanol–water partition coefficient (Wildman–Crippen LogP) is 3.38. The molecule has 2 aliphatic rings. The standard InChI is InChI=1S/C21H37N5O/c1-5-12-24-13-7-17(8-14-24)25-15-9-18(10-16-25)26-19(6-11-22-26)23-20(27)21(2,3)4/h6,11,17-18H,5,7-10,12-16H2,1-4H3,(H,23,27). The van der Waals surface area contributed by atoms with Gasteiger partial charge in [-0.15, -0.1) is 0 Å². The van der Waals surface area contributed by atoms with E-state index in [9.17, 15) is 4.79 Å². The Balaban J connectivity index is 1.52. The van der Waals surface area contributed by atoms with Crippen molar-refractivity contribution >= 4 is 11.7 Å². The van der Waals surface area contributed by atoms with Crippen LogP contribution in [0.3, 0.4) is 0 Å². The van der Waals surface area contributed by atoms with Gasteiger partial charge in [-0.05, 0) is 51.7 Å². The summed E-state index contributed by atoms with van der Waals surface area (Å²) in [6.07, 6.45) is 7.88. The van der Waals surface area contributed by atoms with Crippen LogP contribution in [0.4, 0.5) is 5.82 Å². The maximum absolute atomic E-state index is 12.3. The summed E-state index contributed by atoms with van der Waals surface area (Å²) in [6, 6.07) is 3.04. The molecule has 1 amide bonds. The molecule has 3 rings (SSSR count). The molecule has 1 aromatic rings. The molecular formula is C21H37N5O. The van der Waals surface area contributed by atoms with E-state index in [1.54, 1.807) is 6.20 Å². The monoisotopic (exact) mass is 375 g/mol. The van der Waals surface area contributed by atoms with Crippen molar-refractivity contribution in [3.05, 3.63) is 12.3 Å². The van der Waals surface area contributed by atoms with E-state index in [0.29, 0.717) is 6.04 Å². The third-order valence-corrected chi connectivity index (χ3v) is 6.05. The van der Waals surface area contributed by atoms with Gasteiger partial charge in [-0.2, -0.15) is 5.10 Å². The molecule has 0 bridgehead atoms. The number of anilines is 1. The Morgan fingerprint density at radius 1 is 1.11 bits per heavy atom. The van der Waals surface area contributed by atoms with Crippen LogP contribution in [0.2, 0.25) is 0 Å². The first kappa shape index (κ1) is 20.3. The molecule has 0 aromatic carbocycles. The lowest BCUT2D eigenvalue weighted by Gasteiger charge is -2.42. The molecule has 2 saturated heterocycles. The van der Waals surface area contributed by atoms with Gasteiger partial charge in [0.05, 0.1) is 12.2 Å². The maximum atomic E-state index is 12.3. The number of carbonyl (C=O) groups excluding carboxylic acids is 1. The summed E-state index contributed by atoms with van der Waals surface area (Å²) in [4.78, 5) is 17.6. The first-order chi connectivity index (χ1) is 12.9. The summed E-state index contributed by atoms with van der Waals surface area (Å²) < 4.78 is 2.03. The van der Waals surface area contributed by atoms with Gasteiger partial charge >= 0.3 is 0 Å². The molecular weight excluding hydrogens is 338 g/mol. The van der Waals surface area contributed by atoms with Gasteiger partial charge in [-0.1, -0.05) is 27.7 Å². The number of amides is 1. The molecule has 0 unspecified atom stereocenters. The third kappa shape index (κ3) is 5.11. The molecule has 0 aliphatic carbocycles. The fraction of sp³-hybridized carbons (Fsp3) is 0.810. The van der Waals surface area contributed by atoms with Crippen LogP contribution >= 0.6 is 0 Å². The van der Waals surface area contributed by atoms with E-state index in [2.05, 4.69) is 27.1 Å². The third-order valence-electron chi connectivity index (χ3n) is 6.05. The molecule has 3 heterocycles. The van der Waals surface area contributed by atoms with E-state index in [1.165, 1.54) is 38.9 Å². The van der Waals surface area contributed by atoms with Gasteiger partial charge in [0.2, 0.25) is 5.91 Å². The van der Waals surface area contributed by atoms with Crippen LogP contribution in [0.5, 0.6) is 0 Å². The van der Waals surface area contributed by atoms with Gasteiger partial charge < -0.3 is 15.1 Å². The van der Waals surface area contributed by atoms with Gasteiger partial charge in [0.25, 0.3) is 0 Å². The number of rotatable bonds is 5. The van der Waals surface area contributed by atoms with Crippen molar-refractivity contribution in [2.24, 2.45) is 5.41 Å². The molecule has 0 atom stereocenters. The van der Waals surface area contributed by atoms with Crippen molar-refractivity contribution in [3.63, 3.8) is 0 Å². The maximum Gasteiger partial charge on any atom is 0.230 e. The van der Waals surface area contributed by atoms with E-state index >= 15 is 0 Å². The number of carbonyl (C=O) groups is 1. The zero-order valence-corrected chi connectivity index (χ0v) is 17.6. The van der Waals surface area contributed by atoms with E-state index in [1.807, 2.05) is 31.5 Å². The molecule has 1 N–H and O–H groups in total. The summed E-state index contributed by atoms with van der Waals surface area (Å²) >= 11 is 0. The number of nitrogens with zero attached hydrogens (tertiary/aromatic N) is 4. The highest BCUT2D eigenvalue weighted by atomic mass is 16.2. The fourth-order valence-corrected chi connectivity index (χ4v) is 4.33. The number of aromatic nitrogens is 2. The first-order valence-corrected chi connectivity index (χ1v) is 10.7. The zero-order valence-electron chi connectivity index (χ0n) is 17.6. The van der Waals surface area contributed by atoms with Crippen LogP contribution in [0.15, 0.2) is 12.3 Å². The molecule has 2 aliphatic heterocycles. The van der Waals surface area contributed by atoms with Crippen molar-refractivity contribution in [3.8, 4) is 0 Å². The van der Waals surface area contributed by atoms with E-state index in [0.717, 1.165) is 37.8 Å². The summed E-state index contributed by atoms with van der Waals surface area (Å²) in [5.41, 5.74) is -0.398. The minimum absolute atomic E-state index is 0.0422. The lowest BCUT2D eigenvalue weighted by atomic mass is 9.96. The number of hydrogen-bond donors (Lipinski definition) is 1. The van der Waals surface area contributed by atoms with Crippen molar-refractivity contribution in [2.75, 3.05) is 38.0 Å². The molecule has 2 fully saturated rings. The highest BCUT2D eigenvalue weighted by molar-refractivity contribution is 5.93. The Morgan fingerprint density at radius 2 is 1.74 bits per heavy atom. The number of likely N-dealkylation sites (tertiary alicyclic amines) is 2. The Hall–Kier alpha value is -1.40. The lowest BCUT2D eigenvalue weighted by molar-refractivity contribution is -0.123. The van der Waals surface area contributed by atoms with Crippen LogP contribution in [0.1, 0.15) is 65.8 Å². The molecule has 27 heavy (non-hydrogen) atoms. The highest BCUT2D eigenvalue weighted by Crippen LogP contribution is 2.29. The van der Waals surface area contributed by atoms with Gasteiger partial charge in [0.1, 0.15) is 5.82 Å². The summed E-state index contributed by atoms with van der Waals surface area (Å²) in [6.45, 7) is 14.1. The van der Waals surface area contributed by atoms with E-state index < -0.39 is 5.41 Å². The second-order valence-electron chi connectivity index (χ2n) is 9.21. The van der Waals surface area contributed by atoms with Crippen LogP contribution in [0, 0.1) is 5.41 Å². The molecule has 152 valence electrons. The summed E-state index contributed by atoms with van der Waals surface area (Å²) in [5.74, 6) is 0.877. The van der Waals surface area contributed by atoms with Crippen molar-refractivity contribution in [1.82, 2.24) is 19.6 Å². The average Bonchev–Trinajstić information content (AvgIpc) is 3.10. The second kappa shape index (κ2) is 8.74. The summed E-state index contributed by atoms with van der Waals surface area (Å²) in [5, 5.41) is 7.58. The van der Waals surface area contributed by atoms with Crippen molar-refractivity contribution in [2.45, 2.75) is 71.9 Å². The smallest absolute Gasteiger partial charge is 0.230 e. The predicted molar refractivity (Wildman–Crippen MR) is 110 cm³/mol. The number of nitrogens with one attached hydrogen (secondary N) is 1. The topological polar surface area (TPSA) is 53.4 Å². The molecule has 6 nitrogen and oxygen atoms in total. The average molecular weight is 376 g/mol. The van der Waals surface area contributed by atoms with Crippen LogP contribution in [0.25, 0.3) is 0 Å². The van der Waals surface area contributed by atoms with Crippen LogP contribution in [-0.2, 0) is 4.79 Å². The normalized spacial score (nSPS) is 21.5. The molecule has 0 spiro atoms. The van der Waals surface area contributed by atoms with E-state index in [4.69, 9.17) is 0 Å². The van der Waals surface area contributed by atoms with Gasteiger partial charge in [0, 0.05) is 30.6 Å². The fourth-order valence-electron chi connectivity index (χ4n) is 4.33. The van der Waals surface area contributed by atoms with Gasteiger partial charge in [0.15, 0.2) is 0 Å².